The summed E-state index contributed by atoms with van der Waals surface area (Å²) in [4.78, 5) is 12.6. The van der Waals surface area contributed by atoms with Crippen LogP contribution in [-0.4, -0.2) is 11.2 Å². The van der Waals surface area contributed by atoms with Gasteiger partial charge in [-0.2, -0.15) is 0 Å². The van der Waals surface area contributed by atoms with Gasteiger partial charge in [0.05, 0.1) is 12.6 Å². The van der Waals surface area contributed by atoms with Gasteiger partial charge in [0.2, 0.25) is 0 Å². The average Bonchev–Trinajstić information content (AvgIpc) is 3.52. The minimum Gasteiger partial charge on any atom is -0.371 e. The molecule has 1 heterocycles. The van der Waals surface area contributed by atoms with Gasteiger partial charge in [-0.05, 0) is 60.2 Å². The van der Waals surface area contributed by atoms with Crippen LogP contribution in [0, 0.1) is 17.6 Å². The highest BCUT2D eigenvalue weighted by atomic mass is 19.1. The second-order valence-electron chi connectivity index (χ2n) is 7.19. The van der Waals surface area contributed by atoms with E-state index in [0.29, 0.717) is 12.5 Å². The van der Waals surface area contributed by atoms with E-state index in [1.165, 1.54) is 30.3 Å². The predicted octanol–water partition coefficient (Wildman–Crippen LogP) is 4.88. The number of nitrogens with zero attached hydrogens (tertiary/aromatic N) is 1. The van der Waals surface area contributed by atoms with Crippen molar-refractivity contribution in [2.45, 2.75) is 25.0 Å². The summed E-state index contributed by atoms with van der Waals surface area (Å²) in [6, 6.07) is 16.6. The van der Waals surface area contributed by atoms with Crippen LogP contribution in [0.4, 0.5) is 8.78 Å². The van der Waals surface area contributed by atoms with Crippen LogP contribution >= 0.6 is 0 Å². The van der Waals surface area contributed by atoms with E-state index in [2.05, 4.69) is 0 Å². The van der Waals surface area contributed by atoms with E-state index in [1.807, 2.05) is 0 Å². The molecule has 1 fully saturated rings. The average molecular weight is 381 g/mol. The lowest BCUT2D eigenvalue weighted by molar-refractivity contribution is 0.0182. The highest BCUT2D eigenvalue weighted by Crippen LogP contribution is 2.38. The number of hydrogen-bond donors (Lipinski definition) is 0. The highest BCUT2D eigenvalue weighted by Gasteiger charge is 2.31. The van der Waals surface area contributed by atoms with E-state index in [9.17, 15) is 13.6 Å². The summed E-state index contributed by atoms with van der Waals surface area (Å²) in [7, 11) is 0. The monoisotopic (exact) mass is 381 g/mol. The van der Waals surface area contributed by atoms with E-state index < -0.39 is 12.1 Å². The summed E-state index contributed by atoms with van der Waals surface area (Å²) in [5.74, 6) is -0.163. The summed E-state index contributed by atoms with van der Waals surface area (Å²) in [6.45, 7) is 0.571. The molecule has 0 N–H and O–H groups in total. The normalized spacial score (nSPS) is 15.9. The molecule has 1 aliphatic rings. The number of rotatable bonds is 7. The number of benzene rings is 2. The topological polar surface area (TPSA) is 31.2 Å². The van der Waals surface area contributed by atoms with Crippen molar-refractivity contribution in [3.63, 3.8) is 0 Å². The zero-order valence-electron chi connectivity index (χ0n) is 15.3. The Labute approximate surface area is 162 Å². The van der Waals surface area contributed by atoms with E-state index in [-0.39, 0.29) is 17.2 Å². The highest BCUT2D eigenvalue weighted by molar-refractivity contribution is 5.28. The van der Waals surface area contributed by atoms with Crippen molar-refractivity contribution in [3.05, 3.63) is 106 Å². The largest absolute Gasteiger partial charge is 0.371 e. The molecule has 0 unspecified atom stereocenters. The van der Waals surface area contributed by atoms with Crippen LogP contribution in [-0.2, 0) is 4.74 Å². The lowest BCUT2D eigenvalue weighted by Crippen LogP contribution is -2.30. The summed E-state index contributed by atoms with van der Waals surface area (Å²) in [6.07, 6.45) is 3.45. The Bertz CT molecular complexity index is 978. The fourth-order valence-electron chi connectivity index (χ4n) is 3.36. The summed E-state index contributed by atoms with van der Waals surface area (Å²) in [5, 5.41) is 0. The zero-order chi connectivity index (χ0) is 19.5. The Morgan fingerprint density at radius 1 is 0.893 bits per heavy atom. The van der Waals surface area contributed by atoms with Crippen molar-refractivity contribution in [1.82, 2.24) is 4.57 Å². The van der Waals surface area contributed by atoms with Crippen LogP contribution in [0.2, 0.25) is 0 Å². The van der Waals surface area contributed by atoms with Crippen molar-refractivity contribution >= 4 is 0 Å². The van der Waals surface area contributed by atoms with Gasteiger partial charge in [-0.3, -0.25) is 4.79 Å². The maximum absolute atomic E-state index is 13.5. The molecule has 0 bridgehead atoms. The standard InChI is InChI=1S/C23H21F2NO2/c24-19-10-6-17(7-11-19)22(26-14-2-1-3-21(26)27)23(28-15-16-4-5-16)18-8-12-20(25)13-9-18/h1-3,6-14,16,22-23H,4-5,15H2/t22-,23+/m0/s1. The van der Waals surface area contributed by atoms with E-state index in [4.69, 9.17) is 4.74 Å². The first-order valence-corrected chi connectivity index (χ1v) is 9.41. The fourth-order valence-corrected chi connectivity index (χ4v) is 3.36. The van der Waals surface area contributed by atoms with E-state index in [1.54, 1.807) is 47.2 Å². The number of ether oxygens (including phenoxy) is 1. The SMILES string of the molecule is O=c1ccccn1[C@@H](c1ccc(F)cc1)[C@H](OCC1CC1)c1ccc(F)cc1. The first-order chi connectivity index (χ1) is 13.6. The van der Waals surface area contributed by atoms with Gasteiger partial charge in [-0.25, -0.2) is 8.78 Å². The molecule has 28 heavy (non-hydrogen) atoms. The van der Waals surface area contributed by atoms with Crippen molar-refractivity contribution < 1.29 is 13.5 Å². The van der Waals surface area contributed by atoms with Crippen molar-refractivity contribution in [3.8, 4) is 0 Å². The molecule has 4 rings (SSSR count). The molecule has 3 aromatic rings. The van der Waals surface area contributed by atoms with Crippen molar-refractivity contribution in [2.24, 2.45) is 5.92 Å². The number of halogens is 2. The molecule has 0 spiro atoms. The lowest BCUT2D eigenvalue weighted by Gasteiger charge is -2.30. The molecule has 0 aliphatic heterocycles. The third-order valence-corrected chi connectivity index (χ3v) is 5.06. The van der Waals surface area contributed by atoms with Gasteiger partial charge >= 0.3 is 0 Å². The van der Waals surface area contributed by atoms with Gasteiger partial charge < -0.3 is 9.30 Å². The molecule has 0 amide bonds. The second-order valence-corrected chi connectivity index (χ2v) is 7.19. The van der Waals surface area contributed by atoms with Gasteiger partial charge in [0, 0.05) is 12.3 Å². The van der Waals surface area contributed by atoms with Crippen molar-refractivity contribution in [1.29, 1.82) is 0 Å². The molecule has 5 heteroatoms. The Morgan fingerprint density at radius 2 is 1.50 bits per heavy atom. The van der Waals surface area contributed by atoms with Crippen LogP contribution in [0.15, 0.2) is 77.7 Å². The molecule has 1 aromatic heterocycles. The van der Waals surface area contributed by atoms with Crippen LogP contribution in [0.5, 0.6) is 0 Å². The quantitative estimate of drug-likeness (QED) is 0.584. The Hall–Kier alpha value is -2.79. The summed E-state index contributed by atoms with van der Waals surface area (Å²) >= 11 is 0. The third kappa shape index (κ3) is 4.20. The first-order valence-electron chi connectivity index (χ1n) is 9.41. The Morgan fingerprint density at radius 3 is 2.07 bits per heavy atom. The molecular weight excluding hydrogens is 360 g/mol. The molecule has 3 nitrogen and oxygen atoms in total. The summed E-state index contributed by atoms with van der Waals surface area (Å²) in [5.41, 5.74) is 1.34. The number of aromatic nitrogens is 1. The first kappa shape index (κ1) is 18.6. The van der Waals surface area contributed by atoms with Gasteiger partial charge in [0.1, 0.15) is 17.7 Å². The predicted molar refractivity (Wildman–Crippen MR) is 103 cm³/mol. The molecule has 1 aliphatic carbocycles. The molecule has 1 saturated carbocycles. The Kier molecular flexibility index (Phi) is 5.35. The van der Waals surface area contributed by atoms with Gasteiger partial charge in [0.15, 0.2) is 0 Å². The van der Waals surface area contributed by atoms with Crippen LogP contribution in [0.1, 0.15) is 36.1 Å². The Balaban J connectivity index is 1.81. The summed E-state index contributed by atoms with van der Waals surface area (Å²) < 4.78 is 34.9. The molecule has 0 saturated heterocycles. The smallest absolute Gasteiger partial charge is 0.251 e. The molecule has 144 valence electrons. The third-order valence-electron chi connectivity index (χ3n) is 5.06. The van der Waals surface area contributed by atoms with Crippen LogP contribution in [0.25, 0.3) is 0 Å². The van der Waals surface area contributed by atoms with Crippen LogP contribution < -0.4 is 5.56 Å². The minimum absolute atomic E-state index is 0.182. The maximum Gasteiger partial charge on any atom is 0.251 e. The fraction of sp³-hybridized carbons (Fsp3) is 0.261. The molecule has 0 radical (unpaired) electrons. The maximum atomic E-state index is 13.5. The van der Waals surface area contributed by atoms with Crippen LogP contribution in [0.3, 0.4) is 0 Å². The second kappa shape index (κ2) is 8.07. The molecule has 2 atom stereocenters. The van der Waals surface area contributed by atoms with E-state index >= 15 is 0 Å². The minimum atomic E-state index is -0.508. The lowest BCUT2D eigenvalue weighted by atomic mass is 9.95. The van der Waals surface area contributed by atoms with Gasteiger partial charge in [-0.1, -0.05) is 30.3 Å². The molecule has 2 aromatic carbocycles. The van der Waals surface area contributed by atoms with Gasteiger partial charge in [-0.15, -0.1) is 0 Å². The molecular formula is C23H21F2NO2. The number of pyridine rings is 1. The van der Waals surface area contributed by atoms with Gasteiger partial charge in [0.25, 0.3) is 5.56 Å². The zero-order valence-corrected chi connectivity index (χ0v) is 15.3. The van der Waals surface area contributed by atoms with E-state index in [0.717, 1.165) is 24.0 Å². The number of hydrogen-bond acceptors (Lipinski definition) is 2. The van der Waals surface area contributed by atoms with Crippen molar-refractivity contribution in [2.75, 3.05) is 6.61 Å².